The van der Waals surface area contributed by atoms with Gasteiger partial charge in [-0.05, 0) is 36.1 Å². The average molecular weight is 284 g/mol. The van der Waals surface area contributed by atoms with Crippen molar-refractivity contribution in [2.45, 2.75) is 25.8 Å². The van der Waals surface area contributed by atoms with Gasteiger partial charge in [0.1, 0.15) is 5.75 Å². The van der Waals surface area contributed by atoms with Gasteiger partial charge in [0.15, 0.2) is 0 Å². The Hall–Kier alpha value is -1.81. The van der Waals surface area contributed by atoms with Crippen molar-refractivity contribution in [1.82, 2.24) is 10.2 Å². The Morgan fingerprint density at radius 2 is 2.24 bits per heavy atom. The zero-order valence-electron chi connectivity index (χ0n) is 12.3. The van der Waals surface area contributed by atoms with Crippen molar-refractivity contribution in [1.29, 1.82) is 0 Å². The molecule has 0 radical (unpaired) electrons. The monoisotopic (exact) mass is 284 g/mol. The first-order chi connectivity index (χ1) is 10.2. The van der Waals surface area contributed by atoms with E-state index in [0.717, 1.165) is 50.4 Å². The van der Waals surface area contributed by atoms with Crippen molar-refractivity contribution in [3.8, 4) is 5.75 Å². The smallest absolute Gasteiger partial charge is 0.247 e. The number of rotatable bonds is 2. The normalized spacial score (nSPS) is 22.6. The summed E-state index contributed by atoms with van der Waals surface area (Å²) in [5.74, 6) is 1.19. The highest BCUT2D eigenvalue weighted by Gasteiger charge is 2.30. The van der Waals surface area contributed by atoms with Crippen LogP contribution in [0.4, 0.5) is 0 Å². The number of amides is 1. The van der Waals surface area contributed by atoms with Crippen LogP contribution in [0.25, 0.3) is 0 Å². The number of carbonyl (C=O) groups is 1. The molecule has 3 aliphatic rings. The van der Waals surface area contributed by atoms with Crippen molar-refractivity contribution in [3.05, 3.63) is 40.5 Å². The molecule has 110 valence electrons. The van der Waals surface area contributed by atoms with Crippen molar-refractivity contribution >= 4 is 5.91 Å². The van der Waals surface area contributed by atoms with Gasteiger partial charge in [0.2, 0.25) is 5.91 Å². The zero-order valence-corrected chi connectivity index (χ0v) is 12.3. The van der Waals surface area contributed by atoms with E-state index >= 15 is 0 Å². The zero-order chi connectivity index (χ0) is 14.4. The Morgan fingerprint density at radius 1 is 1.33 bits per heavy atom. The predicted octanol–water partition coefficient (Wildman–Crippen LogP) is 1.81. The summed E-state index contributed by atoms with van der Waals surface area (Å²) in [6, 6.07) is 6.96. The topological polar surface area (TPSA) is 41.6 Å². The first kappa shape index (κ1) is 12.9. The highest BCUT2D eigenvalue weighted by atomic mass is 16.5. The molecule has 4 rings (SSSR count). The summed E-state index contributed by atoms with van der Waals surface area (Å²) >= 11 is 0. The first-order valence-corrected chi connectivity index (χ1v) is 7.71. The molecule has 1 aromatic carbocycles. The highest BCUT2D eigenvalue weighted by molar-refractivity contribution is 5.97. The molecule has 1 atom stereocenters. The van der Waals surface area contributed by atoms with Gasteiger partial charge < -0.3 is 10.1 Å². The van der Waals surface area contributed by atoms with E-state index in [-0.39, 0.29) is 5.91 Å². The summed E-state index contributed by atoms with van der Waals surface area (Å²) in [7, 11) is 0. The van der Waals surface area contributed by atoms with Gasteiger partial charge in [-0.2, -0.15) is 0 Å². The lowest BCUT2D eigenvalue weighted by molar-refractivity contribution is -0.116. The molecule has 1 unspecified atom stereocenters. The molecule has 0 saturated heterocycles. The lowest BCUT2D eigenvalue weighted by Crippen LogP contribution is -2.34. The molecule has 4 nitrogen and oxygen atoms in total. The number of hydrogen-bond acceptors (Lipinski definition) is 3. The van der Waals surface area contributed by atoms with E-state index in [0.29, 0.717) is 6.04 Å². The van der Waals surface area contributed by atoms with Gasteiger partial charge in [0.05, 0.1) is 6.61 Å². The minimum absolute atomic E-state index is 0.142. The Morgan fingerprint density at radius 3 is 3.14 bits per heavy atom. The number of ether oxygens (including phenoxy) is 1. The summed E-state index contributed by atoms with van der Waals surface area (Å²) in [6.45, 7) is 5.62. The van der Waals surface area contributed by atoms with Crippen LogP contribution in [-0.2, 0) is 11.2 Å². The lowest BCUT2D eigenvalue weighted by Gasteiger charge is -2.33. The molecule has 0 bridgehead atoms. The molecule has 3 aliphatic heterocycles. The highest BCUT2D eigenvalue weighted by Crippen LogP contribution is 2.33. The van der Waals surface area contributed by atoms with Gasteiger partial charge in [-0.15, -0.1) is 0 Å². The third kappa shape index (κ3) is 2.14. The van der Waals surface area contributed by atoms with Crippen LogP contribution in [0.1, 0.15) is 30.5 Å². The van der Waals surface area contributed by atoms with Gasteiger partial charge in [-0.3, -0.25) is 9.69 Å². The number of nitrogens with one attached hydrogen (secondary N) is 1. The summed E-state index contributed by atoms with van der Waals surface area (Å²) in [5, 5.41) is 2.94. The van der Waals surface area contributed by atoms with Crippen LogP contribution in [0.5, 0.6) is 5.75 Å². The maximum Gasteiger partial charge on any atom is 0.247 e. The first-order valence-electron chi connectivity index (χ1n) is 7.71. The molecule has 1 aromatic rings. The molecular weight excluding hydrogens is 264 g/mol. The van der Waals surface area contributed by atoms with E-state index in [4.69, 9.17) is 4.74 Å². The molecule has 0 spiro atoms. The Kier molecular flexibility index (Phi) is 3.00. The van der Waals surface area contributed by atoms with E-state index in [9.17, 15) is 4.79 Å². The van der Waals surface area contributed by atoms with E-state index in [1.165, 1.54) is 16.7 Å². The molecule has 0 aromatic heterocycles. The fraction of sp³-hybridized carbons (Fsp3) is 0.471. The van der Waals surface area contributed by atoms with Gasteiger partial charge in [-0.25, -0.2) is 0 Å². The van der Waals surface area contributed by atoms with Crippen LogP contribution in [0.3, 0.4) is 0 Å². The second-order valence-corrected chi connectivity index (χ2v) is 6.13. The van der Waals surface area contributed by atoms with Gasteiger partial charge in [-0.1, -0.05) is 12.1 Å². The molecule has 0 saturated carbocycles. The number of benzene rings is 1. The van der Waals surface area contributed by atoms with E-state index in [1.54, 1.807) is 0 Å². The van der Waals surface area contributed by atoms with Gasteiger partial charge in [0.25, 0.3) is 0 Å². The number of carbonyl (C=O) groups excluding carboxylic acids is 1. The molecular formula is C17H20N2O2. The Bertz CT molecular complexity index is 636. The van der Waals surface area contributed by atoms with Crippen LogP contribution >= 0.6 is 0 Å². The molecule has 21 heavy (non-hydrogen) atoms. The minimum Gasteiger partial charge on any atom is -0.493 e. The molecule has 0 aliphatic carbocycles. The molecule has 0 fully saturated rings. The second kappa shape index (κ2) is 4.88. The van der Waals surface area contributed by atoms with Crippen molar-refractivity contribution in [3.63, 3.8) is 0 Å². The fourth-order valence-electron chi connectivity index (χ4n) is 3.57. The number of hydrogen-bond donors (Lipinski definition) is 1. The summed E-state index contributed by atoms with van der Waals surface area (Å²) in [6.07, 6.45) is 1.89. The molecule has 1 N–H and O–H groups in total. The predicted molar refractivity (Wildman–Crippen MR) is 80.3 cm³/mol. The van der Waals surface area contributed by atoms with Crippen LogP contribution in [0.15, 0.2) is 29.3 Å². The maximum absolute atomic E-state index is 11.7. The van der Waals surface area contributed by atoms with Crippen LogP contribution in [0, 0.1) is 0 Å². The molecule has 1 amide bonds. The molecule has 3 heterocycles. The summed E-state index contributed by atoms with van der Waals surface area (Å²) < 4.78 is 5.68. The van der Waals surface area contributed by atoms with E-state index in [1.807, 2.05) is 0 Å². The third-order valence-electron chi connectivity index (χ3n) is 4.96. The number of nitrogens with zero attached hydrogens (tertiary/aromatic N) is 1. The average Bonchev–Trinajstić information content (AvgIpc) is 3.12. The largest absolute Gasteiger partial charge is 0.493 e. The SMILES string of the molecule is CC(c1ccc2c(c1)OCC2)N1CCC2=C(CNC2=O)C1. The van der Waals surface area contributed by atoms with Crippen molar-refractivity contribution in [2.24, 2.45) is 0 Å². The lowest BCUT2D eigenvalue weighted by atomic mass is 9.98. The maximum atomic E-state index is 11.7. The fourth-order valence-corrected chi connectivity index (χ4v) is 3.57. The Balaban J connectivity index is 1.54. The minimum atomic E-state index is 0.142. The van der Waals surface area contributed by atoms with Gasteiger partial charge >= 0.3 is 0 Å². The quantitative estimate of drug-likeness (QED) is 0.900. The van der Waals surface area contributed by atoms with Crippen LogP contribution in [-0.4, -0.2) is 37.0 Å². The van der Waals surface area contributed by atoms with Crippen molar-refractivity contribution < 1.29 is 9.53 Å². The number of fused-ring (bicyclic) bond motifs is 1. The van der Waals surface area contributed by atoms with Crippen LogP contribution in [0.2, 0.25) is 0 Å². The van der Waals surface area contributed by atoms with E-state index < -0.39 is 0 Å². The van der Waals surface area contributed by atoms with E-state index in [2.05, 4.69) is 35.3 Å². The Labute approximate surface area is 124 Å². The summed E-state index contributed by atoms with van der Waals surface area (Å²) in [4.78, 5) is 14.1. The van der Waals surface area contributed by atoms with Gasteiger partial charge in [0, 0.05) is 37.7 Å². The summed E-state index contributed by atoms with van der Waals surface area (Å²) in [5.41, 5.74) is 4.92. The standard InChI is InChI=1S/C17H20N2O2/c1-11(13-3-2-12-5-7-21-16(12)8-13)19-6-4-15-14(10-19)9-18-17(15)20/h2-3,8,11H,4-7,9-10H2,1H3,(H,18,20). The van der Waals surface area contributed by atoms with Crippen molar-refractivity contribution in [2.75, 3.05) is 26.2 Å². The third-order valence-corrected chi connectivity index (χ3v) is 4.96. The second-order valence-electron chi connectivity index (χ2n) is 6.13. The molecule has 4 heteroatoms. The van der Waals surface area contributed by atoms with Crippen LogP contribution < -0.4 is 10.1 Å².